The lowest BCUT2D eigenvalue weighted by Crippen LogP contribution is -2.49. The molecular formula is C28H41N9O9P2S2Si. The highest BCUT2D eigenvalue weighted by Gasteiger charge is 2.55. The van der Waals surface area contributed by atoms with Crippen LogP contribution in [0.15, 0.2) is 31.2 Å². The first kappa shape index (κ1) is 37.2. The Hall–Kier alpha value is -2.10. The number of nitrogens with zero attached hydrogens (tertiary/aromatic N) is 7. The minimum absolute atomic E-state index is 0.178. The second-order valence-electron chi connectivity index (χ2n) is 14.3. The molecule has 2 bridgehead atoms. The standard InChI is InChI=1S/C28H41N9O9P2S2Si/c1-14-16-9-40-48(39,50)45-20-17(10-41-47(38,49)44-19(14)26(42-16)37-13-35-18-23(30)32-12-34-25(18)37)43-27(21(20)46-51(5,6)28(2,3)4)36-8-7-15-22(29)31-11-33-24(15)36/h7-8,11-14,16-17,19-21,26-27H,9-10H2,1-6H3,(H,38,49)(H,39,50)(H2,29,31,33)(H2,30,32,34)/t14-,16-,17-,19-,20-,21?,26-,27-,47?,48?/m1/s1. The van der Waals surface area contributed by atoms with E-state index in [-0.39, 0.29) is 29.9 Å². The number of nitrogen functional groups attached to an aromatic ring is 2. The van der Waals surface area contributed by atoms with Crippen molar-refractivity contribution in [3.63, 3.8) is 0 Å². The number of aromatic nitrogens is 7. The summed E-state index contributed by atoms with van der Waals surface area (Å²) < 4.78 is 61.8. The smallest absolute Gasteiger partial charge is 0.386 e. The number of hydrogen-bond acceptors (Lipinski definition) is 16. The number of nitrogens with two attached hydrogens (primary N) is 2. The molecule has 3 saturated heterocycles. The summed E-state index contributed by atoms with van der Waals surface area (Å²) in [6.07, 6.45) is -0.460. The summed E-state index contributed by atoms with van der Waals surface area (Å²) >= 11 is 9.97. The Morgan fingerprint density at radius 2 is 1.63 bits per heavy atom. The van der Waals surface area contributed by atoms with Crippen molar-refractivity contribution in [2.75, 3.05) is 24.7 Å². The maximum Gasteiger partial charge on any atom is 0.386 e. The van der Waals surface area contributed by atoms with Gasteiger partial charge in [0.25, 0.3) is 0 Å². The van der Waals surface area contributed by atoms with Gasteiger partial charge < -0.3 is 43.9 Å². The predicted octanol–water partition coefficient (Wildman–Crippen LogP) is 4.33. The molecule has 4 aromatic rings. The quantitative estimate of drug-likeness (QED) is 0.128. The van der Waals surface area contributed by atoms with Crippen molar-refractivity contribution in [1.82, 2.24) is 34.1 Å². The largest absolute Gasteiger partial charge is 0.407 e. The Kier molecular flexibility index (Phi) is 9.73. The minimum Gasteiger partial charge on any atom is -0.407 e. The first-order valence-corrected chi connectivity index (χ1v) is 24.4. The van der Waals surface area contributed by atoms with Crippen LogP contribution in [-0.2, 0) is 48.4 Å². The van der Waals surface area contributed by atoms with Gasteiger partial charge in [0.1, 0.15) is 54.1 Å². The van der Waals surface area contributed by atoms with Crippen molar-refractivity contribution in [2.45, 2.75) is 88.8 Å². The normalized spacial score (nSPS) is 35.4. The number of anilines is 2. The predicted molar refractivity (Wildman–Crippen MR) is 195 cm³/mol. The number of fused-ring (bicyclic) bond motifs is 5. The molecule has 4 aromatic heterocycles. The molecule has 10 atom stereocenters. The van der Waals surface area contributed by atoms with Gasteiger partial charge in [0.15, 0.2) is 32.2 Å². The van der Waals surface area contributed by atoms with Crippen LogP contribution in [0.25, 0.3) is 22.2 Å². The molecule has 7 heterocycles. The average Bonchev–Trinajstić information content (AvgIpc) is 3.80. The fourth-order valence-corrected chi connectivity index (χ4v) is 10.5. The summed E-state index contributed by atoms with van der Waals surface area (Å²) in [6.45, 7) is 3.55. The van der Waals surface area contributed by atoms with Gasteiger partial charge in [0.05, 0.1) is 31.0 Å². The van der Waals surface area contributed by atoms with Gasteiger partial charge in [-0.25, -0.2) is 29.5 Å². The fraction of sp³-hybridized carbons (Fsp3) is 0.607. The molecule has 3 aliphatic rings. The van der Waals surface area contributed by atoms with Crippen LogP contribution in [0.1, 0.15) is 40.2 Å². The summed E-state index contributed by atoms with van der Waals surface area (Å²) in [4.78, 5) is 32.8. The second kappa shape index (κ2) is 13.3. The molecule has 7 rings (SSSR count). The van der Waals surface area contributed by atoms with Gasteiger partial charge >= 0.3 is 13.5 Å². The van der Waals surface area contributed by atoms with Gasteiger partial charge in [-0.05, 0) is 36.0 Å². The molecule has 3 aliphatic heterocycles. The highest BCUT2D eigenvalue weighted by Crippen LogP contribution is 2.59. The molecule has 3 fully saturated rings. The Labute approximate surface area is 304 Å². The van der Waals surface area contributed by atoms with Crippen molar-refractivity contribution in [1.29, 1.82) is 0 Å². The lowest BCUT2D eigenvalue weighted by atomic mass is 10.0. The second-order valence-corrected chi connectivity index (χ2v) is 24.7. The zero-order chi connectivity index (χ0) is 36.7. The van der Waals surface area contributed by atoms with E-state index in [1.54, 1.807) is 21.4 Å². The molecule has 51 heavy (non-hydrogen) atoms. The van der Waals surface area contributed by atoms with Crippen LogP contribution < -0.4 is 11.5 Å². The lowest BCUT2D eigenvalue weighted by molar-refractivity contribution is -0.0589. The molecule has 0 spiro atoms. The number of hydrogen-bond donors (Lipinski definition) is 4. The summed E-state index contributed by atoms with van der Waals surface area (Å²) in [5.41, 5.74) is 13.4. The van der Waals surface area contributed by atoms with Crippen LogP contribution in [0.3, 0.4) is 0 Å². The van der Waals surface area contributed by atoms with Gasteiger partial charge in [-0.15, -0.1) is 0 Å². The van der Waals surface area contributed by atoms with Crippen LogP contribution in [0.4, 0.5) is 11.6 Å². The van der Waals surface area contributed by atoms with Crippen LogP contribution in [0.5, 0.6) is 0 Å². The van der Waals surface area contributed by atoms with Gasteiger partial charge in [-0.2, -0.15) is 0 Å². The van der Waals surface area contributed by atoms with Gasteiger partial charge in [-0.3, -0.25) is 13.6 Å². The molecule has 18 nitrogen and oxygen atoms in total. The van der Waals surface area contributed by atoms with Crippen molar-refractivity contribution in [2.24, 2.45) is 5.92 Å². The van der Waals surface area contributed by atoms with E-state index in [2.05, 4.69) is 71.0 Å². The van der Waals surface area contributed by atoms with Crippen LogP contribution in [0, 0.1) is 5.92 Å². The summed E-state index contributed by atoms with van der Waals surface area (Å²) in [6, 6.07) is 1.77. The van der Waals surface area contributed by atoms with E-state index in [0.717, 1.165) is 0 Å². The molecule has 0 aromatic carbocycles. The van der Waals surface area contributed by atoms with E-state index in [1.807, 2.05) is 6.92 Å². The number of imidazole rings is 1. The maximum atomic E-state index is 14.1. The van der Waals surface area contributed by atoms with Gasteiger partial charge in [0, 0.05) is 12.1 Å². The molecule has 0 amide bonds. The van der Waals surface area contributed by atoms with Crippen molar-refractivity contribution < 1.29 is 41.5 Å². The monoisotopic (exact) mass is 801 g/mol. The molecule has 0 aliphatic carbocycles. The molecule has 278 valence electrons. The van der Waals surface area contributed by atoms with Crippen LogP contribution in [0.2, 0.25) is 18.1 Å². The van der Waals surface area contributed by atoms with Gasteiger partial charge in [0.2, 0.25) is 0 Å². The summed E-state index contributed by atoms with van der Waals surface area (Å²) in [7, 11) is -2.57. The third kappa shape index (κ3) is 7.02. The highest BCUT2D eigenvalue weighted by molar-refractivity contribution is 8.44. The van der Waals surface area contributed by atoms with E-state index in [9.17, 15) is 9.46 Å². The first-order valence-electron chi connectivity index (χ1n) is 16.2. The molecular weight excluding hydrogens is 761 g/mol. The first-order chi connectivity index (χ1) is 23.9. The fourth-order valence-electron chi connectivity index (χ4n) is 6.21. The Bertz CT molecular complexity index is 2050. The molecule has 23 heteroatoms. The van der Waals surface area contributed by atoms with E-state index in [4.69, 9.17) is 55.3 Å². The van der Waals surface area contributed by atoms with Crippen molar-refractivity contribution >= 4 is 79.7 Å². The number of thiol groups is 1. The highest BCUT2D eigenvalue weighted by atomic mass is 32.7. The van der Waals surface area contributed by atoms with Crippen molar-refractivity contribution in [3.05, 3.63) is 31.2 Å². The van der Waals surface area contributed by atoms with E-state index < -0.39 is 70.7 Å². The molecule has 0 saturated carbocycles. The minimum atomic E-state index is -4.16. The Morgan fingerprint density at radius 3 is 2.35 bits per heavy atom. The average molecular weight is 802 g/mol. The zero-order valence-corrected chi connectivity index (χ0v) is 33.2. The summed E-state index contributed by atoms with van der Waals surface area (Å²) in [5, 5.41) is 0.372. The lowest BCUT2D eigenvalue weighted by Gasteiger charge is -2.40. The van der Waals surface area contributed by atoms with E-state index in [1.165, 1.54) is 19.0 Å². The topological polar surface area (TPSA) is 228 Å². The van der Waals surface area contributed by atoms with E-state index in [0.29, 0.717) is 22.2 Å². The molecule has 5 N–H and O–H groups in total. The summed E-state index contributed by atoms with van der Waals surface area (Å²) in [5.74, 6) is -0.00157. The van der Waals surface area contributed by atoms with Crippen LogP contribution in [-0.4, -0.2) is 91.0 Å². The number of rotatable bonds is 4. The van der Waals surface area contributed by atoms with Gasteiger partial charge in [-0.1, -0.05) is 39.9 Å². The Morgan fingerprint density at radius 1 is 0.961 bits per heavy atom. The third-order valence-corrected chi connectivity index (χ3v) is 17.7. The third-order valence-electron chi connectivity index (χ3n) is 10.0. The van der Waals surface area contributed by atoms with Crippen molar-refractivity contribution in [3.8, 4) is 0 Å². The molecule has 3 unspecified atom stereocenters. The maximum absolute atomic E-state index is 14.1. The van der Waals surface area contributed by atoms with E-state index >= 15 is 0 Å². The zero-order valence-electron chi connectivity index (χ0n) is 28.7. The number of ether oxygens (including phenoxy) is 2. The SMILES string of the molecule is C[C@H]1[C@H]2OP(O)(=S)OC[C@H]3O[C@@H](n4ccc5c(N)ncnc54)C(O[Si](C)(C)C(C)(C)C)[C@@H]3OP(=O)(S)OC[C@H]1O[C@H]2n1cnc2c(N)ncnc21. The Balaban J connectivity index is 1.25. The molecule has 0 radical (unpaired) electrons. The van der Waals surface area contributed by atoms with Crippen LogP contribution >= 0.6 is 25.8 Å².